The molecule has 1 amide bonds. The number of carbonyl (C=O) groups is 6. The maximum atomic E-state index is 13.6. The van der Waals surface area contributed by atoms with Gasteiger partial charge in [0.2, 0.25) is 5.91 Å². The highest BCUT2D eigenvalue weighted by atomic mass is 16.7. The highest BCUT2D eigenvalue weighted by molar-refractivity contribution is 5.81. The number of carbonyl (C=O) groups excluding carboxylic acids is 6. The number of methoxy groups -OCH3 is 1. The van der Waals surface area contributed by atoms with Gasteiger partial charge < -0.3 is 38.5 Å². The topological polar surface area (TPSA) is 271 Å². The first-order valence-electron chi connectivity index (χ1n) is 13.2. The minimum atomic E-state index is -2.95. The molecule has 0 aromatic heterocycles. The molecule has 2 rings (SSSR count). The minimum Gasteiger partial charge on any atom is -0.464 e. The van der Waals surface area contributed by atoms with Crippen LogP contribution in [-0.2, 0) is 57.2 Å². The summed E-state index contributed by atoms with van der Waals surface area (Å²) in [6.45, 7) is 4.21. The Morgan fingerprint density at radius 3 is 2.09 bits per heavy atom. The fourth-order valence-electron chi connectivity index (χ4n) is 4.54. The zero-order chi connectivity index (χ0) is 34.8. The fraction of sp³-hybridized carbons (Fsp3) is 0.538. The second kappa shape index (κ2) is 16.0. The molecule has 1 N–H and O–H groups in total. The second-order valence-corrected chi connectivity index (χ2v) is 9.57. The molecular weight excluding hydrogens is 622 g/mol. The standard InChI is InChI=1S/C26H31N5O15/c1-12(32)28-20-22(21(43-15(4)35)19(42-14(3)34)11-41-13(2)33)46-26(25(37)40-6,24(29-30-27)23(20)44-16(5)36)45-18-9-7-17(8-10-18)31(38)39/h7-10,19-24H,11H2,1-6H3,(H,28,32)/t19-,20-,21-,22?,23+,24+,26+/m1/s1. The van der Waals surface area contributed by atoms with Crippen molar-refractivity contribution >= 4 is 41.4 Å². The summed E-state index contributed by atoms with van der Waals surface area (Å²) in [5.41, 5.74) is 9.14. The number of nitro benzene ring substituents is 1. The molecule has 46 heavy (non-hydrogen) atoms. The van der Waals surface area contributed by atoms with Crippen LogP contribution >= 0.6 is 0 Å². The molecule has 20 nitrogen and oxygen atoms in total. The lowest BCUT2D eigenvalue weighted by Crippen LogP contribution is -2.75. The van der Waals surface area contributed by atoms with Gasteiger partial charge in [-0.15, -0.1) is 0 Å². The van der Waals surface area contributed by atoms with Gasteiger partial charge in [0.15, 0.2) is 18.2 Å². The molecule has 20 heteroatoms. The van der Waals surface area contributed by atoms with Crippen LogP contribution in [-0.4, -0.2) is 96.7 Å². The van der Waals surface area contributed by atoms with E-state index in [1.807, 2.05) is 0 Å². The maximum Gasteiger partial charge on any atom is 0.380 e. The number of non-ortho nitro benzene ring substituents is 1. The van der Waals surface area contributed by atoms with Crippen LogP contribution in [0.1, 0.15) is 34.6 Å². The van der Waals surface area contributed by atoms with Gasteiger partial charge in [-0.05, 0) is 17.7 Å². The highest BCUT2D eigenvalue weighted by Gasteiger charge is 2.66. The van der Waals surface area contributed by atoms with Crippen LogP contribution in [0.15, 0.2) is 29.4 Å². The Morgan fingerprint density at radius 1 is 1.02 bits per heavy atom. The Balaban J connectivity index is 2.97. The third-order valence-corrected chi connectivity index (χ3v) is 6.12. The monoisotopic (exact) mass is 653 g/mol. The van der Waals surface area contributed by atoms with E-state index < -0.39 is 89.6 Å². The molecule has 0 aliphatic carbocycles. The highest BCUT2D eigenvalue weighted by Crippen LogP contribution is 2.40. The number of ether oxygens (including phenoxy) is 7. The number of nitrogens with one attached hydrogen (secondary N) is 1. The summed E-state index contributed by atoms with van der Waals surface area (Å²) < 4.78 is 38.1. The molecule has 1 aliphatic heterocycles. The van der Waals surface area contributed by atoms with E-state index in [0.29, 0.717) is 0 Å². The van der Waals surface area contributed by atoms with Crippen LogP contribution in [0.2, 0.25) is 0 Å². The van der Waals surface area contributed by atoms with Crippen molar-refractivity contribution in [3.05, 3.63) is 44.8 Å². The molecule has 1 aromatic rings. The van der Waals surface area contributed by atoms with Crippen molar-refractivity contribution in [2.45, 2.75) is 76.9 Å². The lowest BCUT2D eigenvalue weighted by Gasteiger charge is -2.51. The molecule has 0 bridgehead atoms. The SMILES string of the molecule is COC(=O)[C@@]1(Oc2ccc([N+](=O)[O-])cc2)OC([C@H](OC(C)=O)[C@@H](COC(C)=O)OC(C)=O)[C@@H](NC(C)=O)[C@H](OC(C)=O)[C@@H]1N=[N+]=[N-]. The van der Waals surface area contributed by atoms with Gasteiger partial charge in [0, 0.05) is 51.7 Å². The van der Waals surface area contributed by atoms with Crippen molar-refractivity contribution in [2.75, 3.05) is 13.7 Å². The largest absolute Gasteiger partial charge is 0.464 e. The maximum absolute atomic E-state index is 13.6. The van der Waals surface area contributed by atoms with E-state index in [4.69, 9.17) is 33.2 Å². The molecule has 1 aliphatic rings. The number of hydrogen-bond donors (Lipinski definition) is 1. The molecular formula is C26H31N5O15. The number of esters is 5. The number of azide groups is 1. The first kappa shape index (κ1) is 36.7. The predicted octanol–water partition coefficient (Wildman–Crippen LogP) is 0.784. The third-order valence-electron chi connectivity index (χ3n) is 6.12. The lowest BCUT2D eigenvalue weighted by atomic mass is 9.84. The smallest absolute Gasteiger partial charge is 0.380 e. The van der Waals surface area contributed by atoms with Crippen molar-refractivity contribution in [2.24, 2.45) is 5.11 Å². The average molecular weight is 654 g/mol. The number of nitrogens with zero attached hydrogens (tertiary/aromatic N) is 4. The molecule has 1 saturated heterocycles. The van der Waals surface area contributed by atoms with Crippen molar-refractivity contribution < 1.29 is 66.8 Å². The Bertz CT molecular complexity index is 1400. The number of hydrogen-bond acceptors (Lipinski definition) is 16. The third kappa shape index (κ3) is 9.26. The van der Waals surface area contributed by atoms with Crippen LogP contribution in [0.25, 0.3) is 10.4 Å². The van der Waals surface area contributed by atoms with Gasteiger partial charge in [0.1, 0.15) is 24.6 Å². The van der Waals surface area contributed by atoms with Crippen LogP contribution in [0.3, 0.4) is 0 Å². The molecule has 1 fully saturated rings. The second-order valence-electron chi connectivity index (χ2n) is 9.57. The van der Waals surface area contributed by atoms with Crippen LogP contribution < -0.4 is 10.1 Å². The van der Waals surface area contributed by atoms with E-state index in [2.05, 4.69) is 15.3 Å². The molecule has 1 aromatic carbocycles. The Labute approximate surface area is 260 Å². The number of nitro groups is 1. The molecule has 0 spiro atoms. The van der Waals surface area contributed by atoms with Gasteiger partial charge in [0.05, 0.1) is 18.1 Å². The summed E-state index contributed by atoms with van der Waals surface area (Å²) in [6.07, 6.45) is -7.32. The van der Waals surface area contributed by atoms with Gasteiger partial charge in [-0.1, -0.05) is 5.11 Å². The molecule has 0 saturated carbocycles. The summed E-state index contributed by atoms with van der Waals surface area (Å²) in [7, 11) is 0.890. The van der Waals surface area contributed by atoms with Gasteiger partial charge >= 0.3 is 35.6 Å². The van der Waals surface area contributed by atoms with E-state index in [9.17, 15) is 44.4 Å². The van der Waals surface area contributed by atoms with Gasteiger partial charge in [0.25, 0.3) is 5.69 Å². The van der Waals surface area contributed by atoms with Gasteiger partial charge in [-0.3, -0.25) is 34.1 Å². The average Bonchev–Trinajstić information content (AvgIpc) is 2.96. The zero-order valence-electron chi connectivity index (χ0n) is 25.4. The number of amides is 1. The first-order valence-corrected chi connectivity index (χ1v) is 13.2. The van der Waals surface area contributed by atoms with E-state index in [-0.39, 0.29) is 11.4 Å². The quantitative estimate of drug-likeness (QED) is 0.0586. The Morgan fingerprint density at radius 2 is 1.63 bits per heavy atom. The normalized spacial score (nSPS) is 23.2. The van der Waals surface area contributed by atoms with Gasteiger partial charge in [-0.25, -0.2) is 4.79 Å². The summed E-state index contributed by atoms with van der Waals surface area (Å²) in [5, 5.41) is 17.2. The van der Waals surface area contributed by atoms with Gasteiger partial charge in [-0.2, -0.15) is 0 Å². The summed E-state index contributed by atoms with van der Waals surface area (Å²) in [5.74, 6) is -9.28. The zero-order valence-corrected chi connectivity index (χ0v) is 25.4. The lowest BCUT2D eigenvalue weighted by molar-refractivity contribution is -0.384. The van der Waals surface area contributed by atoms with Crippen LogP contribution in [0.4, 0.5) is 5.69 Å². The molecule has 250 valence electrons. The Kier molecular flexibility index (Phi) is 12.8. The van der Waals surface area contributed by atoms with Crippen molar-refractivity contribution in [1.29, 1.82) is 0 Å². The Hall–Kier alpha value is -5.49. The predicted molar refractivity (Wildman–Crippen MR) is 147 cm³/mol. The van der Waals surface area contributed by atoms with Crippen molar-refractivity contribution in [3.63, 3.8) is 0 Å². The van der Waals surface area contributed by atoms with Crippen LogP contribution in [0, 0.1) is 10.1 Å². The minimum absolute atomic E-state index is 0.298. The van der Waals surface area contributed by atoms with Crippen molar-refractivity contribution in [3.8, 4) is 5.75 Å². The van der Waals surface area contributed by atoms with Crippen molar-refractivity contribution in [1.82, 2.24) is 5.32 Å². The summed E-state index contributed by atoms with van der Waals surface area (Å²) in [6, 6.07) is 0.446. The summed E-state index contributed by atoms with van der Waals surface area (Å²) >= 11 is 0. The van der Waals surface area contributed by atoms with E-state index in [1.54, 1.807) is 0 Å². The fourth-order valence-corrected chi connectivity index (χ4v) is 4.54. The summed E-state index contributed by atoms with van der Waals surface area (Å²) in [4.78, 5) is 87.7. The molecule has 0 radical (unpaired) electrons. The number of rotatable bonds is 13. The molecule has 1 unspecified atom stereocenters. The van der Waals surface area contributed by atoms with E-state index >= 15 is 0 Å². The molecule has 1 heterocycles. The first-order chi connectivity index (χ1) is 21.6. The van der Waals surface area contributed by atoms with E-state index in [1.165, 1.54) is 0 Å². The van der Waals surface area contributed by atoms with E-state index in [0.717, 1.165) is 66.0 Å². The molecule has 7 atom stereocenters. The number of benzene rings is 1. The van der Waals surface area contributed by atoms with Crippen LogP contribution in [0.5, 0.6) is 5.75 Å².